The van der Waals surface area contributed by atoms with Crippen LogP contribution in [0.3, 0.4) is 0 Å². The molecule has 0 radical (unpaired) electrons. The van der Waals surface area contributed by atoms with Crippen LogP contribution in [-0.4, -0.2) is 66.4 Å². The molecule has 8 nitrogen and oxygen atoms in total. The molecule has 3 rings (SSSR count). The predicted octanol–water partition coefficient (Wildman–Crippen LogP) is -0.320. The van der Waals surface area contributed by atoms with Crippen LogP contribution in [0.2, 0.25) is 0 Å². The van der Waals surface area contributed by atoms with Crippen molar-refractivity contribution in [3.63, 3.8) is 0 Å². The molecule has 1 fully saturated rings. The van der Waals surface area contributed by atoms with E-state index in [-0.39, 0.29) is 0 Å². The third-order valence-corrected chi connectivity index (χ3v) is 4.31. The highest BCUT2D eigenvalue weighted by molar-refractivity contribution is 9.10. The number of halogens is 1. The average Bonchev–Trinajstić information content (AvgIpc) is 3.03. The maximum atomic E-state index is 10.1. The summed E-state index contributed by atoms with van der Waals surface area (Å²) >= 11 is 3.35. The Morgan fingerprint density at radius 2 is 1.78 bits per heavy atom. The summed E-state index contributed by atoms with van der Waals surface area (Å²) in [7, 11) is 0. The topological polar surface area (TPSA) is 121 Å². The van der Waals surface area contributed by atoms with Gasteiger partial charge in [0.05, 0.1) is 12.8 Å². The van der Waals surface area contributed by atoms with Gasteiger partial charge >= 0.3 is 0 Å². The van der Waals surface area contributed by atoms with E-state index in [1.54, 1.807) is 6.20 Å². The van der Waals surface area contributed by atoms with E-state index in [0.29, 0.717) is 5.69 Å². The van der Waals surface area contributed by atoms with Crippen molar-refractivity contribution in [2.24, 2.45) is 0 Å². The summed E-state index contributed by atoms with van der Waals surface area (Å²) in [4.78, 5) is 0. The Hall–Kier alpha value is -1.36. The molecule has 0 amide bonds. The van der Waals surface area contributed by atoms with E-state index in [1.165, 1.54) is 4.68 Å². The summed E-state index contributed by atoms with van der Waals surface area (Å²) in [5, 5.41) is 46.8. The number of rotatable bonds is 3. The Morgan fingerprint density at radius 1 is 1.09 bits per heavy atom. The standard InChI is InChI=1S/C14H16BrN3O5/c15-8-3-1-7(2-4-8)9-5-18(17-16-9)14-13(22)12(21)11(20)10(6-19)23-14/h1-5,10-14,19-22H,6H2/t10-,11+,12+,13-,14-/m1/s1. The lowest BCUT2D eigenvalue weighted by Gasteiger charge is -2.39. The maximum absolute atomic E-state index is 10.1. The second-order valence-corrected chi connectivity index (χ2v) is 6.23. The lowest BCUT2D eigenvalue weighted by Crippen LogP contribution is -2.56. The monoisotopic (exact) mass is 385 g/mol. The number of hydrogen-bond donors (Lipinski definition) is 4. The van der Waals surface area contributed by atoms with Crippen LogP contribution in [0.5, 0.6) is 0 Å². The molecule has 124 valence electrons. The van der Waals surface area contributed by atoms with Crippen molar-refractivity contribution in [3.8, 4) is 11.3 Å². The minimum atomic E-state index is -1.45. The molecule has 1 aromatic carbocycles. The first-order chi connectivity index (χ1) is 11.0. The third kappa shape index (κ3) is 3.16. The molecular formula is C14H16BrN3O5. The van der Waals surface area contributed by atoms with Gasteiger partial charge in [0.2, 0.25) is 0 Å². The van der Waals surface area contributed by atoms with Crippen molar-refractivity contribution in [2.75, 3.05) is 6.61 Å². The minimum Gasteiger partial charge on any atom is -0.394 e. The van der Waals surface area contributed by atoms with E-state index < -0.39 is 37.3 Å². The summed E-state index contributed by atoms with van der Waals surface area (Å²) in [6.07, 6.45) is -4.73. The normalized spacial score (nSPS) is 31.3. The highest BCUT2D eigenvalue weighted by Crippen LogP contribution is 2.29. The van der Waals surface area contributed by atoms with Gasteiger partial charge in [0.15, 0.2) is 6.23 Å². The SMILES string of the molecule is OC[C@H]1O[C@@H](n2cc(-c3ccc(Br)cc3)nn2)[C@H](O)[C@@H](O)[C@H]1O. The molecule has 0 bridgehead atoms. The van der Waals surface area contributed by atoms with Crippen LogP contribution in [0.25, 0.3) is 11.3 Å². The van der Waals surface area contributed by atoms with Crippen molar-refractivity contribution in [1.29, 1.82) is 0 Å². The molecule has 1 aliphatic rings. The van der Waals surface area contributed by atoms with Crippen LogP contribution < -0.4 is 0 Å². The van der Waals surface area contributed by atoms with Gasteiger partial charge in [-0.2, -0.15) is 0 Å². The third-order valence-electron chi connectivity index (χ3n) is 3.78. The Labute approximate surface area is 140 Å². The zero-order chi connectivity index (χ0) is 16.6. The highest BCUT2D eigenvalue weighted by atomic mass is 79.9. The lowest BCUT2D eigenvalue weighted by atomic mass is 9.98. The smallest absolute Gasteiger partial charge is 0.180 e. The van der Waals surface area contributed by atoms with Crippen LogP contribution in [0, 0.1) is 0 Å². The van der Waals surface area contributed by atoms with E-state index in [9.17, 15) is 20.4 Å². The van der Waals surface area contributed by atoms with Gasteiger partial charge in [-0.1, -0.05) is 33.3 Å². The largest absolute Gasteiger partial charge is 0.394 e. The van der Waals surface area contributed by atoms with Gasteiger partial charge in [-0.05, 0) is 12.1 Å². The first-order valence-electron chi connectivity index (χ1n) is 6.99. The molecule has 1 aliphatic heterocycles. The molecule has 9 heteroatoms. The molecule has 1 saturated heterocycles. The van der Waals surface area contributed by atoms with Crippen molar-refractivity contribution in [2.45, 2.75) is 30.6 Å². The molecule has 2 heterocycles. The summed E-state index contributed by atoms with van der Waals surface area (Å²) in [5.74, 6) is 0. The van der Waals surface area contributed by atoms with E-state index in [1.807, 2.05) is 24.3 Å². The number of aromatic nitrogens is 3. The van der Waals surface area contributed by atoms with Gasteiger partial charge in [0.1, 0.15) is 30.1 Å². The number of nitrogens with zero attached hydrogens (tertiary/aromatic N) is 3. The quantitative estimate of drug-likeness (QED) is 0.571. The molecule has 2 aromatic rings. The predicted molar refractivity (Wildman–Crippen MR) is 82.2 cm³/mol. The fourth-order valence-corrected chi connectivity index (χ4v) is 2.72. The van der Waals surface area contributed by atoms with Crippen molar-refractivity contribution in [3.05, 3.63) is 34.9 Å². The Morgan fingerprint density at radius 3 is 2.43 bits per heavy atom. The van der Waals surface area contributed by atoms with Crippen LogP contribution >= 0.6 is 15.9 Å². The molecule has 0 unspecified atom stereocenters. The molecular weight excluding hydrogens is 370 g/mol. The minimum absolute atomic E-state index is 0.490. The fourth-order valence-electron chi connectivity index (χ4n) is 2.45. The van der Waals surface area contributed by atoms with Crippen LogP contribution in [0.15, 0.2) is 34.9 Å². The zero-order valence-corrected chi connectivity index (χ0v) is 13.5. The van der Waals surface area contributed by atoms with E-state index in [2.05, 4.69) is 26.2 Å². The molecule has 0 aliphatic carbocycles. The van der Waals surface area contributed by atoms with Crippen molar-refractivity contribution < 1.29 is 25.2 Å². The summed E-state index contributed by atoms with van der Waals surface area (Å²) in [6.45, 7) is -0.490. The average molecular weight is 386 g/mol. The Balaban J connectivity index is 1.85. The van der Waals surface area contributed by atoms with E-state index in [4.69, 9.17) is 4.74 Å². The van der Waals surface area contributed by atoms with E-state index >= 15 is 0 Å². The number of benzene rings is 1. The number of hydrogen-bond acceptors (Lipinski definition) is 7. The lowest BCUT2D eigenvalue weighted by molar-refractivity contribution is -0.254. The number of aliphatic hydroxyl groups is 4. The van der Waals surface area contributed by atoms with Crippen LogP contribution in [0.4, 0.5) is 0 Å². The van der Waals surface area contributed by atoms with Gasteiger partial charge in [-0.15, -0.1) is 5.10 Å². The summed E-state index contributed by atoms with van der Waals surface area (Å²) < 4.78 is 7.62. The van der Waals surface area contributed by atoms with Crippen LogP contribution in [0.1, 0.15) is 6.23 Å². The highest BCUT2D eigenvalue weighted by Gasteiger charge is 2.44. The first-order valence-corrected chi connectivity index (χ1v) is 7.79. The van der Waals surface area contributed by atoms with Gasteiger partial charge < -0.3 is 25.2 Å². The molecule has 1 aromatic heterocycles. The summed E-state index contributed by atoms with van der Waals surface area (Å²) in [6, 6.07) is 7.43. The number of ether oxygens (including phenoxy) is 1. The Bertz CT molecular complexity index is 663. The molecule has 5 atom stereocenters. The van der Waals surface area contributed by atoms with Crippen LogP contribution in [-0.2, 0) is 4.74 Å². The first kappa shape index (κ1) is 16.5. The number of aliphatic hydroxyl groups excluding tert-OH is 4. The van der Waals surface area contributed by atoms with Gasteiger partial charge in [-0.25, -0.2) is 4.68 Å². The fraction of sp³-hybridized carbons (Fsp3) is 0.429. The summed E-state index contributed by atoms with van der Waals surface area (Å²) in [5.41, 5.74) is 1.39. The molecule has 23 heavy (non-hydrogen) atoms. The second-order valence-electron chi connectivity index (χ2n) is 5.31. The van der Waals surface area contributed by atoms with E-state index in [0.717, 1.165) is 10.0 Å². The molecule has 0 spiro atoms. The molecule has 4 N–H and O–H groups in total. The van der Waals surface area contributed by atoms with Crippen molar-refractivity contribution in [1.82, 2.24) is 15.0 Å². The van der Waals surface area contributed by atoms with Gasteiger partial charge in [0, 0.05) is 10.0 Å². The second kappa shape index (κ2) is 6.63. The molecule has 0 saturated carbocycles. The van der Waals surface area contributed by atoms with Gasteiger partial charge in [-0.3, -0.25) is 0 Å². The maximum Gasteiger partial charge on any atom is 0.180 e. The Kier molecular flexibility index (Phi) is 4.76. The zero-order valence-electron chi connectivity index (χ0n) is 11.9. The van der Waals surface area contributed by atoms with Crippen molar-refractivity contribution >= 4 is 15.9 Å². The van der Waals surface area contributed by atoms with Gasteiger partial charge in [0.25, 0.3) is 0 Å².